The lowest BCUT2D eigenvalue weighted by molar-refractivity contribution is 0.102. The topological polar surface area (TPSA) is 76.9 Å². The monoisotopic (exact) mass is 360 g/mol. The Morgan fingerprint density at radius 1 is 1.04 bits per heavy atom. The maximum absolute atomic E-state index is 13.3. The summed E-state index contributed by atoms with van der Waals surface area (Å²) >= 11 is 0. The second-order valence-electron chi connectivity index (χ2n) is 5.79. The molecule has 0 radical (unpaired) electrons. The molecule has 4 aromatic rings. The smallest absolute Gasteiger partial charge is 0.261 e. The summed E-state index contributed by atoms with van der Waals surface area (Å²) in [5.41, 5.74) is 0.950. The molecule has 0 aliphatic carbocycles. The zero-order valence-corrected chi connectivity index (χ0v) is 14.0. The Morgan fingerprint density at radius 2 is 1.81 bits per heavy atom. The molecule has 1 amide bonds. The Labute approximate surface area is 152 Å². The van der Waals surface area contributed by atoms with Crippen LogP contribution in [0.4, 0.5) is 10.1 Å². The Morgan fingerprint density at radius 3 is 2.56 bits per heavy atom. The van der Waals surface area contributed by atoms with Crippen molar-refractivity contribution in [2.75, 3.05) is 5.32 Å². The van der Waals surface area contributed by atoms with Gasteiger partial charge in [0.05, 0.1) is 17.3 Å². The van der Waals surface area contributed by atoms with E-state index < -0.39 is 11.3 Å². The first-order chi connectivity index (χ1) is 13.1. The summed E-state index contributed by atoms with van der Waals surface area (Å²) in [4.78, 5) is 33.7. The minimum atomic E-state index is -0.561. The number of pyridine rings is 3. The predicted molar refractivity (Wildman–Crippen MR) is 99.5 cm³/mol. The van der Waals surface area contributed by atoms with Crippen molar-refractivity contribution in [1.82, 2.24) is 14.5 Å². The van der Waals surface area contributed by atoms with Gasteiger partial charge in [0, 0.05) is 24.3 Å². The zero-order valence-electron chi connectivity index (χ0n) is 14.0. The first-order valence-corrected chi connectivity index (χ1v) is 8.11. The molecule has 6 nitrogen and oxygen atoms in total. The largest absolute Gasteiger partial charge is 0.320 e. The van der Waals surface area contributed by atoms with Crippen molar-refractivity contribution in [2.45, 2.75) is 0 Å². The van der Waals surface area contributed by atoms with Crippen molar-refractivity contribution >= 4 is 22.6 Å². The number of rotatable bonds is 3. The van der Waals surface area contributed by atoms with Gasteiger partial charge in [-0.1, -0.05) is 0 Å². The van der Waals surface area contributed by atoms with Crippen LogP contribution in [0, 0.1) is 5.82 Å². The average Bonchev–Trinajstić information content (AvgIpc) is 2.70. The lowest BCUT2D eigenvalue weighted by atomic mass is 10.1. The van der Waals surface area contributed by atoms with Crippen LogP contribution in [0.2, 0.25) is 0 Å². The van der Waals surface area contributed by atoms with E-state index in [-0.39, 0.29) is 11.4 Å². The van der Waals surface area contributed by atoms with Crippen molar-refractivity contribution in [1.29, 1.82) is 0 Å². The molecule has 3 heterocycles. The van der Waals surface area contributed by atoms with Crippen molar-refractivity contribution in [3.63, 3.8) is 0 Å². The molecule has 0 fully saturated rings. The summed E-state index contributed by atoms with van der Waals surface area (Å²) in [7, 11) is 0. The molecular weight excluding hydrogens is 347 g/mol. The van der Waals surface area contributed by atoms with Crippen LogP contribution in [0.3, 0.4) is 0 Å². The molecule has 0 unspecified atom stereocenters. The number of benzene rings is 1. The van der Waals surface area contributed by atoms with E-state index >= 15 is 0 Å². The minimum Gasteiger partial charge on any atom is -0.320 e. The van der Waals surface area contributed by atoms with Gasteiger partial charge in [-0.15, -0.1) is 0 Å². The maximum Gasteiger partial charge on any atom is 0.261 e. The SMILES string of the molecule is O=C(Nc1cccnc1)c1cn(-c2ccc(F)cc2)c2ncccc2c1=O. The van der Waals surface area contributed by atoms with Gasteiger partial charge in [0.15, 0.2) is 0 Å². The highest BCUT2D eigenvalue weighted by atomic mass is 19.1. The summed E-state index contributed by atoms with van der Waals surface area (Å²) in [6.07, 6.45) is 6.03. The van der Waals surface area contributed by atoms with Gasteiger partial charge in [-0.05, 0) is 48.5 Å². The predicted octanol–water partition coefficient (Wildman–Crippen LogP) is 3.17. The van der Waals surface area contributed by atoms with Crippen LogP contribution in [0.5, 0.6) is 0 Å². The Bertz CT molecular complexity index is 1190. The van der Waals surface area contributed by atoms with Gasteiger partial charge in [0.25, 0.3) is 5.91 Å². The fourth-order valence-corrected chi connectivity index (χ4v) is 2.76. The van der Waals surface area contributed by atoms with E-state index in [0.717, 1.165) is 0 Å². The van der Waals surface area contributed by atoms with E-state index in [1.165, 1.54) is 24.5 Å². The number of nitrogens with zero attached hydrogens (tertiary/aromatic N) is 3. The van der Waals surface area contributed by atoms with E-state index in [9.17, 15) is 14.0 Å². The van der Waals surface area contributed by atoms with E-state index in [2.05, 4.69) is 15.3 Å². The number of fused-ring (bicyclic) bond motifs is 1. The van der Waals surface area contributed by atoms with E-state index in [1.54, 1.807) is 53.4 Å². The third kappa shape index (κ3) is 3.18. The fraction of sp³-hybridized carbons (Fsp3) is 0. The number of amides is 1. The molecule has 4 rings (SSSR count). The van der Waals surface area contributed by atoms with Gasteiger partial charge >= 0.3 is 0 Å². The third-order valence-electron chi connectivity index (χ3n) is 4.03. The number of hydrogen-bond acceptors (Lipinski definition) is 4. The van der Waals surface area contributed by atoms with Crippen molar-refractivity contribution in [3.05, 3.63) is 94.9 Å². The van der Waals surface area contributed by atoms with E-state index in [1.807, 2.05) is 0 Å². The number of halogens is 1. The van der Waals surface area contributed by atoms with Crippen LogP contribution < -0.4 is 10.7 Å². The highest BCUT2D eigenvalue weighted by Crippen LogP contribution is 2.17. The zero-order chi connectivity index (χ0) is 18.8. The quantitative estimate of drug-likeness (QED) is 0.609. The molecule has 1 N–H and O–H groups in total. The van der Waals surface area contributed by atoms with Gasteiger partial charge in [-0.2, -0.15) is 0 Å². The summed E-state index contributed by atoms with van der Waals surface area (Å²) in [6, 6.07) is 12.3. The Hall–Kier alpha value is -3.87. The number of aromatic nitrogens is 3. The van der Waals surface area contributed by atoms with Crippen LogP contribution in [0.25, 0.3) is 16.7 Å². The number of nitrogens with one attached hydrogen (secondary N) is 1. The minimum absolute atomic E-state index is 0.0521. The highest BCUT2D eigenvalue weighted by molar-refractivity contribution is 6.05. The molecule has 0 saturated carbocycles. The van der Waals surface area contributed by atoms with E-state index in [4.69, 9.17) is 0 Å². The first-order valence-electron chi connectivity index (χ1n) is 8.11. The molecule has 132 valence electrons. The highest BCUT2D eigenvalue weighted by Gasteiger charge is 2.17. The molecule has 0 atom stereocenters. The lowest BCUT2D eigenvalue weighted by Gasteiger charge is -2.13. The molecule has 3 aromatic heterocycles. The normalized spacial score (nSPS) is 10.7. The number of anilines is 1. The molecule has 0 bridgehead atoms. The van der Waals surface area contributed by atoms with Gasteiger partial charge in [0.1, 0.15) is 17.0 Å². The van der Waals surface area contributed by atoms with Gasteiger partial charge < -0.3 is 9.88 Å². The van der Waals surface area contributed by atoms with Crippen LogP contribution in [-0.4, -0.2) is 20.4 Å². The molecule has 27 heavy (non-hydrogen) atoms. The standard InChI is InChI=1S/C20H13FN4O2/c21-13-5-7-15(8-6-13)25-12-17(18(26)16-4-2-10-23-19(16)25)20(27)24-14-3-1-9-22-11-14/h1-12H,(H,24,27). The van der Waals surface area contributed by atoms with Gasteiger partial charge in [-0.25, -0.2) is 9.37 Å². The second kappa shape index (κ2) is 6.80. The fourth-order valence-electron chi connectivity index (χ4n) is 2.76. The second-order valence-corrected chi connectivity index (χ2v) is 5.79. The Kier molecular flexibility index (Phi) is 4.18. The van der Waals surface area contributed by atoms with Crippen LogP contribution >= 0.6 is 0 Å². The molecule has 0 saturated heterocycles. The maximum atomic E-state index is 13.3. The molecule has 1 aromatic carbocycles. The van der Waals surface area contributed by atoms with Crippen molar-refractivity contribution < 1.29 is 9.18 Å². The van der Waals surface area contributed by atoms with Gasteiger partial charge in [0.2, 0.25) is 5.43 Å². The van der Waals surface area contributed by atoms with Crippen LogP contribution in [0.15, 0.2) is 78.1 Å². The number of carbonyl (C=O) groups is 1. The number of carbonyl (C=O) groups excluding carboxylic acids is 1. The lowest BCUT2D eigenvalue weighted by Crippen LogP contribution is -2.24. The van der Waals surface area contributed by atoms with Crippen LogP contribution in [-0.2, 0) is 0 Å². The first kappa shape index (κ1) is 16.6. The van der Waals surface area contributed by atoms with Gasteiger partial charge in [-0.3, -0.25) is 14.6 Å². The molecule has 7 heteroatoms. The molecular formula is C20H13FN4O2. The molecule has 0 aliphatic rings. The molecule has 0 aliphatic heterocycles. The van der Waals surface area contributed by atoms with Crippen molar-refractivity contribution in [2.24, 2.45) is 0 Å². The Balaban J connectivity index is 1.88. The summed E-state index contributed by atoms with van der Waals surface area (Å²) in [6.45, 7) is 0. The summed E-state index contributed by atoms with van der Waals surface area (Å²) in [5.74, 6) is -0.943. The average molecular weight is 360 g/mol. The van der Waals surface area contributed by atoms with Crippen molar-refractivity contribution in [3.8, 4) is 5.69 Å². The summed E-state index contributed by atoms with van der Waals surface area (Å²) in [5, 5.41) is 2.95. The summed E-state index contributed by atoms with van der Waals surface area (Å²) < 4.78 is 14.9. The van der Waals surface area contributed by atoms with Crippen LogP contribution in [0.1, 0.15) is 10.4 Å². The molecule has 0 spiro atoms. The third-order valence-corrected chi connectivity index (χ3v) is 4.03. The van der Waals surface area contributed by atoms with E-state index in [0.29, 0.717) is 22.4 Å². The number of hydrogen-bond donors (Lipinski definition) is 1.